The maximum Gasteiger partial charge on any atom is 0.164 e. The van der Waals surface area contributed by atoms with Gasteiger partial charge in [-0.3, -0.25) is 0 Å². The van der Waals surface area contributed by atoms with E-state index in [9.17, 15) is 0 Å². The van der Waals surface area contributed by atoms with Crippen LogP contribution in [0.1, 0.15) is 6.42 Å². The molecule has 2 unspecified atom stereocenters. The summed E-state index contributed by atoms with van der Waals surface area (Å²) in [6.07, 6.45) is 2.37. The summed E-state index contributed by atoms with van der Waals surface area (Å²) in [4.78, 5) is 8.84. The Hall–Kier alpha value is -2.42. The number of hydrogen-bond donors (Lipinski definition) is 1. The first-order chi connectivity index (χ1) is 14.2. The Labute approximate surface area is 176 Å². The highest BCUT2D eigenvalue weighted by Crippen LogP contribution is 2.38. The average Bonchev–Trinajstić information content (AvgIpc) is 3.34. The summed E-state index contributed by atoms with van der Waals surface area (Å²) in [5.41, 5.74) is 1.67. The zero-order valence-electron chi connectivity index (χ0n) is 15.8. The highest BCUT2D eigenvalue weighted by atomic mass is 79.9. The van der Waals surface area contributed by atoms with Gasteiger partial charge in [0, 0.05) is 22.5 Å². The van der Waals surface area contributed by atoms with Crippen LogP contribution >= 0.6 is 15.9 Å². The number of methoxy groups -OCH3 is 1. The Balaban J connectivity index is 1.48. The third kappa shape index (κ3) is 3.52. The average molecular weight is 458 g/mol. The van der Waals surface area contributed by atoms with Gasteiger partial charge >= 0.3 is 0 Å². The lowest BCUT2D eigenvalue weighted by atomic mass is 10.1. The second kappa shape index (κ2) is 7.78. The molecular weight excluding hydrogens is 438 g/mol. The van der Waals surface area contributed by atoms with Crippen LogP contribution in [0.15, 0.2) is 47.2 Å². The molecule has 29 heavy (non-hydrogen) atoms. The van der Waals surface area contributed by atoms with E-state index in [1.54, 1.807) is 7.11 Å². The second-order valence-corrected chi connectivity index (χ2v) is 7.85. The summed E-state index contributed by atoms with van der Waals surface area (Å²) < 4.78 is 24.4. The van der Waals surface area contributed by atoms with Crippen molar-refractivity contribution in [2.24, 2.45) is 0 Å². The van der Waals surface area contributed by atoms with Crippen LogP contribution in [-0.4, -0.2) is 48.6 Å². The predicted octanol–water partition coefficient (Wildman–Crippen LogP) is 4.08. The van der Waals surface area contributed by atoms with Gasteiger partial charge in [-0.25, -0.2) is 9.97 Å². The van der Waals surface area contributed by atoms with Crippen LogP contribution in [0.2, 0.25) is 0 Å². The Morgan fingerprint density at radius 1 is 1.14 bits per heavy atom. The molecule has 0 bridgehead atoms. The smallest absolute Gasteiger partial charge is 0.164 e. The van der Waals surface area contributed by atoms with Crippen molar-refractivity contribution in [1.29, 1.82) is 0 Å². The molecule has 3 aromatic rings. The Morgan fingerprint density at radius 2 is 2.03 bits per heavy atom. The second-order valence-electron chi connectivity index (χ2n) is 7.00. The molecule has 2 aliphatic rings. The first-order valence-electron chi connectivity index (χ1n) is 9.47. The molecule has 1 aromatic heterocycles. The molecule has 0 aliphatic carbocycles. The van der Waals surface area contributed by atoms with Gasteiger partial charge in [0.05, 0.1) is 31.0 Å². The minimum atomic E-state index is -0.159. The monoisotopic (exact) mass is 457 g/mol. The first kappa shape index (κ1) is 18.6. The molecule has 3 heterocycles. The van der Waals surface area contributed by atoms with Gasteiger partial charge < -0.3 is 24.3 Å². The van der Waals surface area contributed by atoms with Crippen LogP contribution in [0.5, 0.6) is 11.5 Å². The number of nitrogens with one attached hydrogen (secondary N) is 1. The van der Waals surface area contributed by atoms with Crippen molar-refractivity contribution in [2.75, 3.05) is 25.6 Å². The zero-order valence-corrected chi connectivity index (χ0v) is 17.4. The number of aromatic nitrogens is 2. The van der Waals surface area contributed by atoms with Crippen LogP contribution in [-0.2, 0) is 9.47 Å². The fraction of sp³-hybridized carbons (Fsp3) is 0.333. The molecule has 2 saturated heterocycles. The summed E-state index contributed by atoms with van der Waals surface area (Å²) in [6, 6.07) is 11.7. The normalized spacial score (nSPS) is 23.2. The van der Waals surface area contributed by atoms with E-state index in [4.69, 9.17) is 18.9 Å². The van der Waals surface area contributed by atoms with E-state index in [2.05, 4.69) is 31.2 Å². The van der Waals surface area contributed by atoms with Crippen molar-refractivity contribution in [2.45, 2.75) is 24.7 Å². The van der Waals surface area contributed by atoms with Crippen molar-refractivity contribution >= 4 is 38.3 Å². The number of ether oxygens (including phenoxy) is 4. The van der Waals surface area contributed by atoms with Crippen LogP contribution in [0.25, 0.3) is 10.9 Å². The van der Waals surface area contributed by atoms with Gasteiger partial charge in [0.15, 0.2) is 17.6 Å². The minimum absolute atomic E-state index is 0.0338. The quantitative estimate of drug-likeness (QED) is 0.618. The maximum atomic E-state index is 6.23. The Morgan fingerprint density at radius 3 is 2.90 bits per heavy atom. The Bertz CT molecular complexity index is 1050. The SMILES string of the molecule is COc1cc2c(Nc3ccccc3Br)ncnc2cc1O[C@@H]1COC2CCOC21. The van der Waals surface area contributed by atoms with Crippen LogP contribution in [0.3, 0.4) is 0 Å². The van der Waals surface area contributed by atoms with E-state index in [1.807, 2.05) is 36.4 Å². The van der Waals surface area contributed by atoms with Crippen molar-refractivity contribution in [1.82, 2.24) is 9.97 Å². The molecule has 1 N–H and O–H groups in total. The summed E-state index contributed by atoms with van der Waals surface area (Å²) in [7, 11) is 1.62. The molecule has 3 atom stereocenters. The van der Waals surface area contributed by atoms with Crippen molar-refractivity contribution in [3.8, 4) is 11.5 Å². The van der Waals surface area contributed by atoms with Gasteiger partial charge in [-0.05, 0) is 40.5 Å². The van der Waals surface area contributed by atoms with Gasteiger partial charge in [-0.15, -0.1) is 0 Å². The van der Waals surface area contributed by atoms with Crippen molar-refractivity contribution < 1.29 is 18.9 Å². The lowest BCUT2D eigenvalue weighted by Gasteiger charge is -2.20. The molecule has 0 amide bonds. The van der Waals surface area contributed by atoms with Crippen LogP contribution < -0.4 is 14.8 Å². The number of benzene rings is 2. The number of rotatable bonds is 5. The summed E-state index contributed by atoms with van der Waals surface area (Å²) >= 11 is 3.55. The minimum Gasteiger partial charge on any atom is -0.493 e. The van der Waals surface area contributed by atoms with Gasteiger partial charge in [-0.1, -0.05) is 12.1 Å². The molecule has 0 spiro atoms. The molecular formula is C21H20BrN3O4. The molecule has 2 aliphatic heterocycles. The van der Waals surface area contributed by atoms with Crippen molar-refractivity contribution in [3.63, 3.8) is 0 Å². The fourth-order valence-corrected chi connectivity index (χ4v) is 4.18. The number of para-hydroxylation sites is 1. The van der Waals surface area contributed by atoms with E-state index >= 15 is 0 Å². The number of nitrogens with zero attached hydrogens (tertiary/aromatic N) is 2. The van der Waals surface area contributed by atoms with E-state index < -0.39 is 0 Å². The van der Waals surface area contributed by atoms with Gasteiger partial charge in [0.2, 0.25) is 0 Å². The van der Waals surface area contributed by atoms with Gasteiger partial charge in [0.25, 0.3) is 0 Å². The van der Waals surface area contributed by atoms with E-state index in [0.717, 1.165) is 27.5 Å². The highest BCUT2D eigenvalue weighted by Gasteiger charge is 2.43. The summed E-state index contributed by atoms with van der Waals surface area (Å²) in [5, 5.41) is 4.19. The lowest BCUT2D eigenvalue weighted by Crippen LogP contribution is -2.32. The third-order valence-electron chi connectivity index (χ3n) is 5.25. The maximum absolute atomic E-state index is 6.23. The fourth-order valence-electron chi connectivity index (χ4n) is 3.80. The molecule has 7 nitrogen and oxygen atoms in total. The van der Waals surface area contributed by atoms with Crippen LogP contribution in [0.4, 0.5) is 11.5 Å². The van der Waals surface area contributed by atoms with E-state index in [-0.39, 0.29) is 18.3 Å². The number of hydrogen-bond acceptors (Lipinski definition) is 7. The summed E-state index contributed by atoms with van der Waals surface area (Å²) in [5.74, 6) is 1.93. The number of anilines is 2. The molecule has 5 rings (SSSR count). The van der Waals surface area contributed by atoms with E-state index in [0.29, 0.717) is 30.5 Å². The molecule has 2 fully saturated rings. The predicted molar refractivity (Wildman–Crippen MR) is 112 cm³/mol. The van der Waals surface area contributed by atoms with E-state index in [1.165, 1.54) is 6.33 Å². The molecule has 2 aromatic carbocycles. The number of fused-ring (bicyclic) bond motifs is 2. The van der Waals surface area contributed by atoms with Crippen LogP contribution in [0, 0.1) is 0 Å². The molecule has 8 heteroatoms. The third-order valence-corrected chi connectivity index (χ3v) is 5.94. The first-order valence-corrected chi connectivity index (χ1v) is 10.3. The Kier molecular flexibility index (Phi) is 4.99. The van der Waals surface area contributed by atoms with Crippen molar-refractivity contribution in [3.05, 3.63) is 47.2 Å². The standard InChI is InChI=1S/C21H20BrN3O4/c1-26-17-8-12-15(9-18(17)29-19-10-28-16-6-7-27-20(16)19)23-11-24-21(12)25-14-5-3-2-4-13(14)22/h2-5,8-9,11,16,19-20H,6-7,10H2,1H3,(H,23,24,25)/t16?,19-,20?/m1/s1. The zero-order chi connectivity index (χ0) is 19.8. The van der Waals surface area contributed by atoms with Gasteiger partial charge in [-0.2, -0.15) is 0 Å². The number of halogens is 1. The molecule has 0 saturated carbocycles. The molecule has 150 valence electrons. The highest BCUT2D eigenvalue weighted by molar-refractivity contribution is 9.10. The topological polar surface area (TPSA) is 74.7 Å². The van der Waals surface area contributed by atoms with Gasteiger partial charge in [0.1, 0.15) is 18.2 Å². The lowest BCUT2D eigenvalue weighted by molar-refractivity contribution is 0.0298. The summed E-state index contributed by atoms with van der Waals surface area (Å²) in [6.45, 7) is 1.22. The molecule has 0 radical (unpaired) electrons. The largest absolute Gasteiger partial charge is 0.493 e.